The van der Waals surface area contributed by atoms with E-state index in [1.807, 2.05) is 12.1 Å². The maximum absolute atomic E-state index is 5.43. The minimum Gasteiger partial charge on any atom is -0.271 e. The third-order valence-corrected chi connectivity index (χ3v) is 2.10. The molecule has 1 aromatic rings. The first-order chi connectivity index (χ1) is 6.86. The van der Waals surface area contributed by atoms with Gasteiger partial charge in [0.1, 0.15) is 0 Å². The smallest absolute Gasteiger partial charge is 0.0270 e. The number of hydrogen-bond acceptors (Lipinski definition) is 3. The molecule has 1 rings (SSSR count). The summed E-state index contributed by atoms with van der Waals surface area (Å²) in [5.41, 5.74) is 3.99. The maximum atomic E-state index is 5.43. The summed E-state index contributed by atoms with van der Waals surface area (Å²) in [4.78, 5) is 3.96. The summed E-state index contributed by atoms with van der Waals surface area (Å²) in [5, 5.41) is 0. The molecule has 0 aliphatic carbocycles. The topological polar surface area (TPSA) is 50.9 Å². The molecule has 1 atom stereocenters. The Bertz CT molecular complexity index is 289. The number of nitrogens with two attached hydrogens (primary N) is 1. The third-order valence-electron chi connectivity index (χ3n) is 2.10. The molecule has 14 heavy (non-hydrogen) atoms. The Hall–Kier alpha value is -1.37. The van der Waals surface area contributed by atoms with E-state index in [1.54, 1.807) is 12.4 Å². The van der Waals surface area contributed by atoms with Crippen LogP contribution in [-0.4, -0.2) is 11.0 Å². The van der Waals surface area contributed by atoms with Crippen molar-refractivity contribution < 1.29 is 0 Å². The van der Waals surface area contributed by atoms with Gasteiger partial charge in [-0.15, -0.1) is 12.3 Å². The minimum atomic E-state index is 0.244. The fourth-order valence-electron chi connectivity index (χ4n) is 1.31. The molecular weight excluding hydrogens is 174 g/mol. The summed E-state index contributed by atoms with van der Waals surface area (Å²) in [6.45, 7) is 0. The Morgan fingerprint density at radius 1 is 1.50 bits per heavy atom. The Kier molecular flexibility index (Phi) is 4.70. The van der Waals surface area contributed by atoms with Crippen molar-refractivity contribution in [2.24, 2.45) is 5.84 Å². The number of hydrazine groups is 1. The van der Waals surface area contributed by atoms with Crippen LogP contribution in [0.15, 0.2) is 24.5 Å². The number of pyridine rings is 1. The molecule has 1 unspecified atom stereocenters. The molecule has 0 spiro atoms. The lowest BCUT2D eigenvalue weighted by Gasteiger charge is -2.13. The molecule has 0 amide bonds. The highest BCUT2D eigenvalue weighted by Crippen LogP contribution is 2.05. The van der Waals surface area contributed by atoms with Gasteiger partial charge in [-0.25, -0.2) is 0 Å². The summed E-state index contributed by atoms with van der Waals surface area (Å²) >= 11 is 0. The quantitative estimate of drug-likeness (QED) is 0.410. The second-order valence-corrected chi connectivity index (χ2v) is 3.17. The van der Waals surface area contributed by atoms with Crippen molar-refractivity contribution in [3.05, 3.63) is 30.1 Å². The molecule has 0 saturated heterocycles. The van der Waals surface area contributed by atoms with Gasteiger partial charge in [-0.3, -0.25) is 16.3 Å². The van der Waals surface area contributed by atoms with Crippen molar-refractivity contribution in [1.29, 1.82) is 0 Å². The molecule has 0 saturated carbocycles. The van der Waals surface area contributed by atoms with Gasteiger partial charge in [0, 0.05) is 24.9 Å². The lowest BCUT2D eigenvalue weighted by molar-refractivity contribution is 0.497. The van der Waals surface area contributed by atoms with Gasteiger partial charge in [0.2, 0.25) is 0 Å². The summed E-state index contributed by atoms with van der Waals surface area (Å²) in [6, 6.07) is 4.22. The first kappa shape index (κ1) is 10.7. The summed E-state index contributed by atoms with van der Waals surface area (Å²) in [6.07, 6.45) is 11.3. The normalized spacial score (nSPS) is 12.0. The molecule has 0 aliphatic heterocycles. The number of rotatable bonds is 5. The highest BCUT2D eigenvalue weighted by Gasteiger charge is 2.05. The maximum Gasteiger partial charge on any atom is 0.0270 e. The zero-order chi connectivity index (χ0) is 10.2. The van der Waals surface area contributed by atoms with Gasteiger partial charge in [0.15, 0.2) is 0 Å². The van der Waals surface area contributed by atoms with Gasteiger partial charge in [0.05, 0.1) is 0 Å². The molecule has 0 radical (unpaired) electrons. The number of terminal acetylenes is 1. The molecular formula is C11H15N3. The second kappa shape index (κ2) is 6.14. The Morgan fingerprint density at radius 2 is 2.21 bits per heavy atom. The molecule has 3 nitrogen and oxygen atoms in total. The van der Waals surface area contributed by atoms with Crippen molar-refractivity contribution in [2.75, 3.05) is 0 Å². The predicted octanol–water partition coefficient (Wildman–Crippen LogP) is 0.869. The van der Waals surface area contributed by atoms with Gasteiger partial charge in [-0.05, 0) is 30.5 Å². The van der Waals surface area contributed by atoms with Crippen molar-refractivity contribution >= 4 is 0 Å². The van der Waals surface area contributed by atoms with Crippen molar-refractivity contribution in [2.45, 2.75) is 25.3 Å². The second-order valence-electron chi connectivity index (χ2n) is 3.17. The van der Waals surface area contributed by atoms with E-state index >= 15 is 0 Å². The monoisotopic (exact) mass is 189 g/mol. The molecule has 0 bridgehead atoms. The van der Waals surface area contributed by atoms with Crippen LogP contribution < -0.4 is 11.3 Å². The summed E-state index contributed by atoms with van der Waals surface area (Å²) in [7, 11) is 0. The van der Waals surface area contributed by atoms with E-state index in [4.69, 9.17) is 12.3 Å². The molecule has 0 aromatic carbocycles. The molecule has 0 fully saturated rings. The van der Waals surface area contributed by atoms with Crippen LogP contribution in [0.2, 0.25) is 0 Å². The molecule has 1 aromatic heterocycles. The Labute approximate surface area is 84.7 Å². The largest absolute Gasteiger partial charge is 0.271 e. The van der Waals surface area contributed by atoms with Gasteiger partial charge in [-0.1, -0.05) is 0 Å². The van der Waals surface area contributed by atoms with E-state index in [1.165, 1.54) is 5.56 Å². The molecule has 74 valence electrons. The van der Waals surface area contributed by atoms with Crippen molar-refractivity contribution in [1.82, 2.24) is 10.4 Å². The number of hydrogen-bond donors (Lipinski definition) is 2. The van der Waals surface area contributed by atoms with Crippen LogP contribution in [0.1, 0.15) is 18.4 Å². The number of nitrogens with zero attached hydrogens (tertiary/aromatic N) is 1. The minimum absolute atomic E-state index is 0.244. The third kappa shape index (κ3) is 3.56. The zero-order valence-corrected chi connectivity index (χ0v) is 8.11. The molecule has 0 aliphatic rings. The van der Waals surface area contributed by atoms with Gasteiger partial charge in [0.25, 0.3) is 0 Å². The van der Waals surface area contributed by atoms with Crippen LogP contribution in [-0.2, 0) is 6.42 Å². The van der Waals surface area contributed by atoms with E-state index in [0.717, 1.165) is 19.3 Å². The van der Waals surface area contributed by atoms with Crippen LogP contribution in [0.5, 0.6) is 0 Å². The van der Waals surface area contributed by atoms with E-state index in [0.29, 0.717) is 0 Å². The molecule has 3 N–H and O–H groups in total. The molecule has 1 heterocycles. The average Bonchev–Trinajstić information content (AvgIpc) is 2.25. The Morgan fingerprint density at radius 3 is 2.79 bits per heavy atom. The fraction of sp³-hybridized carbons (Fsp3) is 0.364. The van der Waals surface area contributed by atoms with E-state index < -0.39 is 0 Å². The van der Waals surface area contributed by atoms with Crippen LogP contribution in [0.25, 0.3) is 0 Å². The van der Waals surface area contributed by atoms with Crippen LogP contribution in [0, 0.1) is 12.3 Å². The van der Waals surface area contributed by atoms with E-state index in [-0.39, 0.29) is 6.04 Å². The highest BCUT2D eigenvalue weighted by molar-refractivity contribution is 5.11. The number of aromatic nitrogens is 1. The highest BCUT2D eigenvalue weighted by atomic mass is 15.2. The fourth-order valence-corrected chi connectivity index (χ4v) is 1.31. The SMILES string of the molecule is C#CCCC(Cc1ccncc1)NN. The van der Waals surface area contributed by atoms with E-state index in [2.05, 4.69) is 16.3 Å². The average molecular weight is 189 g/mol. The van der Waals surface area contributed by atoms with Crippen LogP contribution >= 0.6 is 0 Å². The van der Waals surface area contributed by atoms with Crippen molar-refractivity contribution in [3.63, 3.8) is 0 Å². The van der Waals surface area contributed by atoms with Crippen LogP contribution in [0.3, 0.4) is 0 Å². The predicted molar refractivity (Wildman–Crippen MR) is 57.1 cm³/mol. The molecule has 3 heteroatoms. The first-order valence-electron chi connectivity index (χ1n) is 4.65. The lowest BCUT2D eigenvalue weighted by Crippen LogP contribution is -2.36. The summed E-state index contributed by atoms with van der Waals surface area (Å²) < 4.78 is 0. The van der Waals surface area contributed by atoms with Crippen LogP contribution in [0.4, 0.5) is 0 Å². The number of nitrogens with one attached hydrogen (secondary N) is 1. The van der Waals surface area contributed by atoms with Gasteiger partial charge >= 0.3 is 0 Å². The van der Waals surface area contributed by atoms with E-state index in [9.17, 15) is 0 Å². The standard InChI is InChI=1S/C11H15N3/c1-2-3-4-11(14-12)9-10-5-7-13-8-6-10/h1,5-8,11,14H,3-4,9,12H2. The summed E-state index contributed by atoms with van der Waals surface area (Å²) in [5.74, 6) is 8.04. The lowest BCUT2D eigenvalue weighted by atomic mass is 10.0. The van der Waals surface area contributed by atoms with Gasteiger partial charge in [-0.2, -0.15) is 0 Å². The Balaban J connectivity index is 2.45. The van der Waals surface area contributed by atoms with Gasteiger partial charge < -0.3 is 0 Å². The zero-order valence-electron chi connectivity index (χ0n) is 8.11. The van der Waals surface area contributed by atoms with Crippen molar-refractivity contribution in [3.8, 4) is 12.3 Å². The first-order valence-corrected chi connectivity index (χ1v) is 4.65.